The summed E-state index contributed by atoms with van der Waals surface area (Å²) in [6.07, 6.45) is 3.95. The number of aliphatic carboxylic acids is 1. The summed E-state index contributed by atoms with van der Waals surface area (Å²) in [4.78, 5) is 21.5. The number of carbonyl (C=O) groups is 2. The number of carboxylic acid groups (broad SMARTS) is 1. The van der Waals surface area contributed by atoms with Crippen molar-refractivity contribution in [1.82, 2.24) is 15.1 Å². The lowest BCUT2D eigenvalue weighted by atomic mass is 10.3. The molecule has 0 aromatic carbocycles. The second-order valence-corrected chi connectivity index (χ2v) is 3.07. The van der Waals surface area contributed by atoms with Crippen LogP contribution in [0.5, 0.6) is 0 Å². The van der Waals surface area contributed by atoms with Crippen LogP contribution in [0.25, 0.3) is 0 Å². The molecule has 0 bridgehead atoms. The van der Waals surface area contributed by atoms with E-state index in [0.717, 1.165) is 13.0 Å². The zero-order valence-electron chi connectivity index (χ0n) is 8.43. The molecule has 0 spiro atoms. The maximum Gasteiger partial charge on any atom is 0.322 e. The maximum absolute atomic E-state index is 11.3. The van der Waals surface area contributed by atoms with Gasteiger partial charge >= 0.3 is 5.97 Å². The van der Waals surface area contributed by atoms with E-state index in [1.54, 1.807) is 10.9 Å². The van der Waals surface area contributed by atoms with Crippen LogP contribution < -0.4 is 5.32 Å². The molecular formula is C9H13N3O3. The number of hydrogen-bond donors (Lipinski definition) is 2. The standard InChI is InChI=1S/C9H13N3O3/c1-2-3-12-6-7(4-11-12)9(15)10-5-8(13)14/h4,6H,2-3,5H2,1H3,(H,10,15)(H,13,14). The second kappa shape index (κ2) is 5.14. The third-order valence-corrected chi connectivity index (χ3v) is 1.75. The highest BCUT2D eigenvalue weighted by molar-refractivity contribution is 5.95. The van der Waals surface area contributed by atoms with Crippen LogP contribution in [0, 0.1) is 0 Å². The molecule has 1 amide bonds. The molecule has 2 N–H and O–H groups in total. The largest absolute Gasteiger partial charge is 0.480 e. The van der Waals surface area contributed by atoms with Gasteiger partial charge in [-0.1, -0.05) is 6.92 Å². The van der Waals surface area contributed by atoms with Crippen LogP contribution in [0.4, 0.5) is 0 Å². The Hall–Kier alpha value is -1.85. The van der Waals surface area contributed by atoms with Crippen LogP contribution in [0.15, 0.2) is 12.4 Å². The maximum atomic E-state index is 11.3. The second-order valence-electron chi connectivity index (χ2n) is 3.07. The summed E-state index contributed by atoms with van der Waals surface area (Å²) in [6.45, 7) is 2.37. The van der Waals surface area contributed by atoms with Gasteiger partial charge in [-0.2, -0.15) is 5.10 Å². The summed E-state index contributed by atoms with van der Waals surface area (Å²) in [6, 6.07) is 0. The van der Waals surface area contributed by atoms with E-state index in [4.69, 9.17) is 5.11 Å². The number of aryl methyl sites for hydroxylation is 1. The van der Waals surface area contributed by atoms with Crippen molar-refractivity contribution in [3.8, 4) is 0 Å². The van der Waals surface area contributed by atoms with E-state index in [9.17, 15) is 9.59 Å². The molecule has 15 heavy (non-hydrogen) atoms. The number of nitrogens with zero attached hydrogens (tertiary/aromatic N) is 2. The summed E-state index contributed by atoms with van der Waals surface area (Å²) in [5.74, 6) is -1.48. The smallest absolute Gasteiger partial charge is 0.322 e. The van der Waals surface area contributed by atoms with Gasteiger partial charge in [-0.25, -0.2) is 0 Å². The van der Waals surface area contributed by atoms with Crippen LogP contribution in [0.1, 0.15) is 23.7 Å². The molecule has 0 aliphatic heterocycles. The Bertz CT molecular complexity index is 359. The van der Waals surface area contributed by atoms with Gasteiger partial charge in [0.15, 0.2) is 0 Å². The van der Waals surface area contributed by atoms with Crippen molar-refractivity contribution in [1.29, 1.82) is 0 Å². The predicted molar refractivity (Wildman–Crippen MR) is 52.5 cm³/mol. The first kappa shape index (κ1) is 11.2. The van der Waals surface area contributed by atoms with Gasteiger partial charge in [-0.3, -0.25) is 14.3 Å². The SMILES string of the molecule is CCCn1cc(C(=O)NCC(=O)O)cn1. The molecule has 1 aromatic rings. The van der Waals surface area contributed by atoms with Crippen LogP contribution in [-0.2, 0) is 11.3 Å². The van der Waals surface area contributed by atoms with Gasteiger partial charge in [-0.15, -0.1) is 0 Å². The molecule has 0 unspecified atom stereocenters. The van der Waals surface area contributed by atoms with Gasteiger partial charge in [0.1, 0.15) is 6.54 Å². The molecule has 6 nitrogen and oxygen atoms in total. The highest BCUT2D eigenvalue weighted by Crippen LogP contribution is 1.98. The van der Waals surface area contributed by atoms with Crippen molar-refractivity contribution >= 4 is 11.9 Å². The zero-order chi connectivity index (χ0) is 11.3. The Morgan fingerprint density at radius 3 is 2.93 bits per heavy atom. The van der Waals surface area contributed by atoms with Crippen LogP contribution in [-0.4, -0.2) is 33.3 Å². The van der Waals surface area contributed by atoms with Crippen molar-refractivity contribution in [3.63, 3.8) is 0 Å². The summed E-state index contributed by atoms with van der Waals surface area (Å²) in [5.41, 5.74) is 0.379. The van der Waals surface area contributed by atoms with Crippen LogP contribution in [0.3, 0.4) is 0 Å². The van der Waals surface area contributed by atoms with Gasteiger partial charge in [0.2, 0.25) is 0 Å². The quantitative estimate of drug-likeness (QED) is 0.723. The summed E-state index contributed by atoms with van der Waals surface area (Å²) in [5, 5.41) is 14.6. The summed E-state index contributed by atoms with van der Waals surface area (Å²) < 4.78 is 1.65. The third-order valence-electron chi connectivity index (χ3n) is 1.75. The molecule has 0 saturated carbocycles. The summed E-state index contributed by atoms with van der Waals surface area (Å²) >= 11 is 0. The Labute approximate surface area is 86.9 Å². The Morgan fingerprint density at radius 1 is 1.60 bits per heavy atom. The fourth-order valence-electron chi connectivity index (χ4n) is 1.09. The van der Waals surface area contributed by atoms with Gasteiger partial charge < -0.3 is 10.4 Å². The monoisotopic (exact) mass is 211 g/mol. The average Bonchev–Trinajstić information content (AvgIpc) is 2.63. The lowest BCUT2D eigenvalue weighted by Gasteiger charge is -1.98. The Morgan fingerprint density at radius 2 is 2.33 bits per heavy atom. The van der Waals surface area contributed by atoms with E-state index in [1.807, 2.05) is 6.92 Å². The molecule has 82 valence electrons. The number of aromatic nitrogens is 2. The molecule has 6 heteroatoms. The molecule has 1 aromatic heterocycles. The third kappa shape index (κ3) is 3.41. The highest BCUT2D eigenvalue weighted by Gasteiger charge is 2.08. The lowest BCUT2D eigenvalue weighted by Crippen LogP contribution is -2.28. The number of hydrogen-bond acceptors (Lipinski definition) is 3. The normalized spacial score (nSPS) is 9.93. The fourth-order valence-corrected chi connectivity index (χ4v) is 1.09. The van der Waals surface area contributed by atoms with Crippen molar-refractivity contribution in [2.24, 2.45) is 0 Å². The minimum Gasteiger partial charge on any atom is -0.480 e. The van der Waals surface area contributed by atoms with Crippen molar-refractivity contribution in [3.05, 3.63) is 18.0 Å². The Kier molecular flexibility index (Phi) is 3.84. The molecule has 0 saturated heterocycles. The van der Waals surface area contributed by atoms with E-state index in [0.29, 0.717) is 5.56 Å². The summed E-state index contributed by atoms with van der Waals surface area (Å²) in [7, 11) is 0. The number of rotatable bonds is 5. The fraction of sp³-hybridized carbons (Fsp3) is 0.444. The number of carboxylic acids is 1. The van der Waals surface area contributed by atoms with E-state index in [2.05, 4.69) is 10.4 Å². The van der Waals surface area contributed by atoms with Gasteiger partial charge in [0.25, 0.3) is 5.91 Å². The highest BCUT2D eigenvalue weighted by atomic mass is 16.4. The van der Waals surface area contributed by atoms with Gasteiger partial charge in [0, 0.05) is 12.7 Å². The van der Waals surface area contributed by atoms with Crippen LogP contribution >= 0.6 is 0 Å². The number of amides is 1. The lowest BCUT2D eigenvalue weighted by molar-refractivity contribution is -0.135. The topological polar surface area (TPSA) is 84.2 Å². The van der Waals surface area contributed by atoms with E-state index in [-0.39, 0.29) is 6.54 Å². The first-order valence-corrected chi connectivity index (χ1v) is 4.66. The molecule has 0 radical (unpaired) electrons. The molecule has 1 rings (SSSR count). The van der Waals surface area contributed by atoms with E-state index in [1.165, 1.54) is 6.20 Å². The molecule has 0 fully saturated rings. The van der Waals surface area contributed by atoms with E-state index >= 15 is 0 Å². The molecule has 0 aliphatic carbocycles. The molecular weight excluding hydrogens is 198 g/mol. The minimum atomic E-state index is -1.07. The number of nitrogens with one attached hydrogen (secondary N) is 1. The van der Waals surface area contributed by atoms with Crippen LogP contribution in [0.2, 0.25) is 0 Å². The molecule has 1 heterocycles. The van der Waals surface area contributed by atoms with E-state index < -0.39 is 11.9 Å². The average molecular weight is 211 g/mol. The predicted octanol–water partition coefficient (Wildman–Crippen LogP) is 0.107. The zero-order valence-corrected chi connectivity index (χ0v) is 8.43. The van der Waals surface area contributed by atoms with Crippen molar-refractivity contribution in [2.75, 3.05) is 6.54 Å². The number of carbonyl (C=O) groups excluding carboxylic acids is 1. The van der Waals surface area contributed by atoms with Crippen molar-refractivity contribution < 1.29 is 14.7 Å². The Balaban J connectivity index is 2.54. The van der Waals surface area contributed by atoms with Gasteiger partial charge in [-0.05, 0) is 6.42 Å². The van der Waals surface area contributed by atoms with Crippen molar-refractivity contribution in [2.45, 2.75) is 19.9 Å². The van der Waals surface area contributed by atoms with Gasteiger partial charge in [0.05, 0.1) is 11.8 Å². The first-order chi connectivity index (χ1) is 7.13. The molecule has 0 aliphatic rings. The molecule has 0 atom stereocenters. The minimum absolute atomic E-state index is 0.377. The first-order valence-electron chi connectivity index (χ1n) is 4.66.